The van der Waals surface area contributed by atoms with Crippen molar-refractivity contribution in [2.24, 2.45) is 0 Å². The van der Waals surface area contributed by atoms with Crippen LogP contribution in [0.3, 0.4) is 0 Å². The van der Waals surface area contributed by atoms with E-state index in [-0.39, 0.29) is 0 Å². The molecule has 0 aliphatic rings. The Hall–Kier alpha value is -1.02. The minimum absolute atomic E-state index is 0.595. The van der Waals surface area contributed by atoms with Crippen LogP contribution in [0, 0.1) is 6.92 Å². The zero-order valence-corrected chi connectivity index (χ0v) is 12.6. The number of aryl methyl sites for hydroxylation is 1. The van der Waals surface area contributed by atoms with Crippen molar-refractivity contribution >= 4 is 5.69 Å². The summed E-state index contributed by atoms with van der Waals surface area (Å²) >= 11 is 0. The van der Waals surface area contributed by atoms with Crippen molar-refractivity contribution in [3.8, 4) is 0 Å². The molecular weight excluding hydrogens is 220 g/mol. The first-order valence-corrected chi connectivity index (χ1v) is 7.20. The minimum Gasteiger partial charge on any atom is -0.369 e. The van der Waals surface area contributed by atoms with Crippen LogP contribution in [-0.2, 0) is 6.54 Å². The fourth-order valence-electron chi connectivity index (χ4n) is 2.34. The molecule has 0 aliphatic heterocycles. The highest BCUT2D eigenvalue weighted by Crippen LogP contribution is 2.24. The van der Waals surface area contributed by atoms with Gasteiger partial charge in [-0.1, -0.05) is 31.5 Å². The van der Waals surface area contributed by atoms with Gasteiger partial charge in [-0.2, -0.15) is 0 Å². The van der Waals surface area contributed by atoms with Crippen molar-refractivity contribution in [1.29, 1.82) is 0 Å². The molecule has 0 saturated heterocycles. The molecule has 0 saturated carbocycles. The number of hydrogen-bond donors (Lipinski definition) is 1. The van der Waals surface area contributed by atoms with E-state index in [4.69, 9.17) is 0 Å². The molecule has 2 nitrogen and oxygen atoms in total. The molecule has 0 aliphatic carbocycles. The van der Waals surface area contributed by atoms with Crippen LogP contribution < -0.4 is 10.2 Å². The Bertz CT molecular complexity index is 360. The smallest absolute Gasteiger partial charge is 0.0414 e. The number of rotatable bonds is 7. The van der Waals surface area contributed by atoms with Gasteiger partial charge in [0.15, 0.2) is 0 Å². The van der Waals surface area contributed by atoms with Crippen LogP contribution in [0.15, 0.2) is 18.2 Å². The van der Waals surface area contributed by atoms with Crippen LogP contribution in [0.4, 0.5) is 5.69 Å². The Morgan fingerprint density at radius 3 is 2.50 bits per heavy atom. The summed E-state index contributed by atoms with van der Waals surface area (Å²) in [4.78, 5) is 2.51. The maximum absolute atomic E-state index is 3.44. The first kappa shape index (κ1) is 15.0. The average molecular weight is 248 g/mol. The third kappa shape index (κ3) is 3.74. The van der Waals surface area contributed by atoms with E-state index in [1.54, 1.807) is 0 Å². The Balaban J connectivity index is 3.04. The Kier molecular flexibility index (Phi) is 6.20. The van der Waals surface area contributed by atoms with Gasteiger partial charge in [0.2, 0.25) is 0 Å². The maximum atomic E-state index is 3.44. The van der Waals surface area contributed by atoms with Gasteiger partial charge in [-0.05, 0) is 45.4 Å². The van der Waals surface area contributed by atoms with Gasteiger partial charge in [-0.15, -0.1) is 0 Å². The second-order valence-corrected chi connectivity index (χ2v) is 4.96. The molecular formula is C16H28N2. The first-order chi connectivity index (χ1) is 8.63. The van der Waals surface area contributed by atoms with Crippen molar-refractivity contribution in [2.75, 3.05) is 18.0 Å². The molecule has 1 aromatic rings. The normalized spacial score (nSPS) is 12.5. The van der Waals surface area contributed by atoms with Gasteiger partial charge in [0.25, 0.3) is 0 Å². The van der Waals surface area contributed by atoms with E-state index in [1.165, 1.54) is 23.2 Å². The molecule has 0 bridgehead atoms. The summed E-state index contributed by atoms with van der Waals surface area (Å²) in [5.74, 6) is 0. The molecule has 0 radical (unpaired) electrons. The fourth-order valence-corrected chi connectivity index (χ4v) is 2.34. The first-order valence-electron chi connectivity index (χ1n) is 7.20. The van der Waals surface area contributed by atoms with Crippen molar-refractivity contribution in [3.63, 3.8) is 0 Å². The number of nitrogens with one attached hydrogen (secondary N) is 1. The number of nitrogens with zero attached hydrogens (tertiary/aromatic N) is 1. The Labute approximate surface area is 112 Å². The maximum Gasteiger partial charge on any atom is 0.0414 e. The standard InChI is InChI=1S/C16H28N2/c1-6-14(5)18(8-3)16-10-9-13(4)11-15(16)12-17-7-2/h9-11,14,17H,6-8,12H2,1-5H3. The molecule has 18 heavy (non-hydrogen) atoms. The van der Waals surface area contributed by atoms with E-state index in [9.17, 15) is 0 Å². The summed E-state index contributed by atoms with van der Waals surface area (Å²) in [5, 5.41) is 3.44. The highest BCUT2D eigenvalue weighted by molar-refractivity contribution is 5.55. The zero-order valence-electron chi connectivity index (χ0n) is 12.6. The Morgan fingerprint density at radius 2 is 1.94 bits per heavy atom. The van der Waals surface area contributed by atoms with Gasteiger partial charge in [0.05, 0.1) is 0 Å². The molecule has 0 aromatic heterocycles. The largest absolute Gasteiger partial charge is 0.369 e. The summed E-state index contributed by atoms with van der Waals surface area (Å²) in [6.07, 6.45) is 1.18. The van der Waals surface area contributed by atoms with Crippen LogP contribution in [0.5, 0.6) is 0 Å². The molecule has 0 amide bonds. The molecule has 1 atom stereocenters. The fraction of sp³-hybridized carbons (Fsp3) is 0.625. The van der Waals surface area contributed by atoms with Gasteiger partial charge >= 0.3 is 0 Å². The quantitative estimate of drug-likeness (QED) is 0.791. The molecule has 2 heteroatoms. The van der Waals surface area contributed by atoms with Crippen molar-refractivity contribution < 1.29 is 0 Å². The molecule has 0 spiro atoms. The van der Waals surface area contributed by atoms with Gasteiger partial charge < -0.3 is 10.2 Å². The van der Waals surface area contributed by atoms with E-state index < -0.39 is 0 Å². The number of hydrogen-bond acceptors (Lipinski definition) is 2. The number of anilines is 1. The molecule has 0 heterocycles. The summed E-state index contributed by atoms with van der Waals surface area (Å²) in [5.41, 5.74) is 4.14. The lowest BCUT2D eigenvalue weighted by Crippen LogP contribution is -2.33. The van der Waals surface area contributed by atoms with Crippen molar-refractivity contribution in [3.05, 3.63) is 29.3 Å². The molecule has 102 valence electrons. The van der Waals surface area contributed by atoms with Gasteiger partial charge in [-0.3, -0.25) is 0 Å². The van der Waals surface area contributed by atoms with Crippen LogP contribution in [-0.4, -0.2) is 19.1 Å². The predicted octanol–water partition coefficient (Wildman–Crippen LogP) is 3.73. The van der Waals surface area contributed by atoms with E-state index in [2.05, 4.69) is 63.0 Å². The summed E-state index contributed by atoms with van der Waals surface area (Å²) < 4.78 is 0. The topological polar surface area (TPSA) is 15.3 Å². The minimum atomic E-state index is 0.595. The second kappa shape index (κ2) is 7.42. The predicted molar refractivity (Wildman–Crippen MR) is 81.3 cm³/mol. The van der Waals surface area contributed by atoms with Crippen LogP contribution in [0.2, 0.25) is 0 Å². The van der Waals surface area contributed by atoms with Gasteiger partial charge in [0, 0.05) is 24.8 Å². The van der Waals surface area contributed by atoms with Gasteiger partial charge in [0.1, 0.15) is 0 Å². The van der Waals surface area contributed by atoms with Crippen molar-refractivity contribution in [1.82, 2.24) is 5.32 Å². The monoisotopic (exact) mass is 248 g/mol. The molecule has 0 fully saturated rings. The third-order valence-corrected chi connectivity index (χ3v) is 3.57. The zero-order chi connectivity index (χ0) is 13.5. The highest BCUT2D eigenvalue weighted by atomic mass is 15.2. The van der Waals surface area contributed by atoms with Crippen LogP contribution in [0.1, 0.15) is 45.2 Å². The van der Waals surface area contributed by atoms with Crippen LogP contribution in [0.25, 0.3) is 0 Å². The van der Waals surface area contributed by atoms with E-state index >= 15 is 0 Å². The van der Waals surface area contributed by atoms with E-state index in [0.717, 1.165) is 19.6 Å². The number of benzene rings is 1. The Morgan fingerprint density at radius 1 is 1.22 bits per heavy atom. The lowest BCUT2D eigenvalue weighted by atomic mass is 10.1. The van der Waals surface area contributed by atoms with Crippen molar-refractivity contribution in [2.45, 2.75) is 53.6 Å². The summed E-state index contributed by atoms with van der Waals surface area (Å²) in [6, 6.07) is 7.40. The lowest BCUT2D eigenvalue weighted by molar-refractivity contribution is 0.623. The molecule has 1 aromatic carbocycles. The van der Waals surface area contributed by atoms with Gasteiger partial charge in [-0.25, -0.2) is 0 Å². The van der Waals surface area contributed by atoms with E-state index in [0.29, 0.717) is 6.04 Å². The molecule has 1 unspecified atom stereocenters. The SMILES string of the molecule is CCNCc1cc(C)ccc1N(CC)C(C)CC. The van der Waals surface area contributed by atoms with Crippen LogP contribution >= 0.6 is 0 Å². The molecule has 1 N–H and O–H groups in total. The second-order valence-electron chi connectivity index (χ2n) is 4.96. The highest BCUT2D eigenvalue weighted by Gasteiger charge is 2.14. The lowest BCUT2D eigenvalue weighted by Gasteiger charge is -2.31. The third-order valence-electron chi connectivity index (χ3n) is 3.57. The average Bonchev–Trinajstić information content (AvgIpc) is 2.38. The molecule has 1 rings (SSSR count). The summed E-state index contributed by atoms with van der Waals surface area (Å²) in [6.45, 7) is 14.2. The summed E-state index contributed by atoms with van der Waals surface area (Å²) in [7, 11) is 0. The van der Waals surface area contributed by atoms with E-state index in [1.807, 2.05) is 0 Å².